The molecule has 1 unspecified atom stereocenters. The molecule has 4 aromatic rings. The van der Waals surface area contributed by atoms with Crippen LogP contribution in [0.1, 0.15) is 51.2 Å². The second-order valence-corrected chi connectivity index (χ2v) is 10.3. The molecule has 0 spiro atoms. The Morgan fingerprint density at radius 3 is 2.41 bits per heavy atom. The van der Waals surface area contributed by atoms with Gasteiger partial charge in [-0.25, -0.2) is 4.99 Å². The van der Waals surface area contributed by atoms with Crippen molar-refractivity contribution in [2.75, 3.05) is 4.90 Å². The number of allylic oxidation sites excluding steroid dienone is 1. The van der Waals surface area contributed by atoms with Crippen molar-refractivity contribution in [1.82, 2.24) is 20.6 Å². The summed E-state index contributed by atoms with van der Waals surface area (Å²) in [5, 5.41) is 15.0. The Hall–Kier alpha value is -4.39. The van der Waals surface area contributed by atoms with E-state index in [4.69, 9.17) is 4.99 Å². The molecule has 1 aromatic heterocycles. The van der Waals surface area contributed by atoms with Crippen LogP contribution in [0, 0.1) is 6.92 Å². The van der Waals surface area contributed by atoms with E-state index in [9.17, 15) is 4.79 Å². The number of nitrogens with one attached hydrogen (secondary N) is 1. The van der Waals surface area contributed by atoms with Gasteiger partial charge in [0.1, 0.15) is 17.7 Å². The van der Waals surface area contributed by atoms with E-state index in [-0.39, 0.29) is 0 Å². The van der Waals surface area contributed by atoms with Crippen molar-refractivity contribution < 1.29 is 4.79 Å². The van der Waals surface area contributed by atoms with Crippen LogP contribution in [0.25, 0.3) is 22.5 Å². The van der Waals surface area contributed by atoms with Gasteiger partial charge in [-0.15, -0.1) is 10.2 Å². The summed E-state index contributed by atoms with van der Waals surface area (Å²) in [6.45, 7) is 8.28. The number of aromatic nitrogens is 4. The molecular formula is C32H34N6O. The standard InChI is InChI=1S/C32H34N6O/c1-5-6-12-30-33-23(3)29(19-24-15-13-22(2)14-16-24)32(4,21-39)38(30)26-17-18-27(25-10-8-7-9-11-25)28(20-26)31-34-36-37-35-31/h7-11,13-18,20-21H,5-6,12,19H2,1-4H3,(H,34,35,36,37). The summed E-state index contributed by atoms with van der Waals surface area (Å²) in [5.41, 5.74) is 7.10. The van der Waals surface area contributed by atoms with Crippen LogP contribution in [0.3, 0.4) is 0 Å². The monoisotopic (exact) mass is 518 g/mol. The lowest BCUT2D eigenvalue weighted by molar-refractivity contribution is -0.110. The second kappa shape index (κ2) is 11.2. The third-order valence-corrected chi connectivity index (χ3v) is 7.48. The first kappa shape index (κ1) is 26.2. The zero-order valence-corrected chi connectivity index (χ0v) is 23.0. The number of aromatic amines is 1. The Bertz CT molecular complexity index is 1510. The predicted molar refractivity (Wildman–Crippen MR) is 157 cm³/mol. The van der Waals surface area contributed by atoms with Crippen molar-refractivity contribution in [2.24, 2.45) is 4.99 Å². The van der Waals surface area contributed by atoms with Gasteiger partial charge in [-0.3, -0.25) is 0 Å². The Labute approximate surface area is 229 Å². The molecule has 7 heteroatoms. The third-order valence-electron chi connectivity index (χ3n) is 7.48. The van der Waals surface area contributed by atoms with Crippen LogP contribution in [-0.2, 0) is 11.2 Å². The number of amidine groups is 1. The minimum Gasteiger partial charge on any atom is -0.313 e. The third kappa shape index (κ3) is 5.17. The van der Waals surface area contributed by atoms with Gasteiger partial charge in [-0.1, -0.05) is 79.6 Å². The highest BCUT2D eigenvalue weighted by Gasteiger charge is 2.42. The minimum atomic E-state index is -0.914. The van der Waals surface area contributed by atoms with Gasteiger partial charge in [-0.05, 0) is 73.2 Å². The molecule has 5 rings (SSSR count). The number of carbonyl (C=O) groups excluding carboxylic acids is 1. The summed E-state index contributed by atoms with van der Waals surface area (Å²) >= 11 is 0. The number of benzene rings is 3. The Morgan fingerprint density at radius 1 is 0.974 bits per heavy atom. The van der Waals surface area contributed by atoms with E-state index in [0.717, 1.165) is 70.6 Å². The maximum absolute atomic E-state index is 13.1. The number of H-pyrrole nitrogens is 1. The average molecular weight is 519 g/mol. The largest absolute Gasteiger partial charge is 0.313 e. The maximum Gasteiger partial charge on any atom is 0.205 e. The smallest absolute Gasteiger partial charge is 0.205 e. The summed E-state index contributed by atoms with van der Waals surface area (Å²) in [5.74, 6) is 1.39. The molecule has 0 fully saturated rings. The van der Waals surface area contributed by atoms with Crippen LogP contribution < -0.4 is 4.90 Å². The molecule has 0 saturated heterocycles. The van der Waals surface area contributed by atoms with E-state index in [1.807, 2.05) is 32.0 Å². The van der Waals surface area contributed by atoms with Gasteiger partial charge in [-0.2, -0.15) is 5.21 Å². The van der Waals surface area contributed by atoms with E-state index in [1.54, 1.807) is 0 Å². The fourth-order valence-electron chi connectivity index (χ4n) is 5.34. The summed E-state index contributed by atoms with van der Waals surface area (Å²) in [7, 11) is 0. The molecule has 0 amide bonds. The Balaban J connectivity index is 1.66. The van der Waals surface area contributed by atoms with Gasteiger partial charge in [0.15, 0.2) is 0 Å². The molecule has 2 heterocycles. The van der Waals surface area contributed by atoms with Crippen molar-refractivity contribution in [3.05, 3.63) is 95.2 Å². The fraction of sp³-hybridized carbons (Fsp3) is 0.281. The highest BCUT2D eigenvalue weighted by atomic mass is 16.1. The molecule has 1 atom stereocenters. The van der Waals surface area contributed by atoms with Crippen LogP contribution in [0.5, 0.6) is 0 Å². The number of tetrazole rings is 1. The van der Waals surface area contributed by atoms with Gasteiger partial charge in [0.2, 0.25) is 5.82 Å². The van der Waals surface area contributed by atoms with Gasteiger partial charge in [0.05, 0.1) is 0 Å². The molecule has 0 radical (unpaired) electrons. The molecule has 1 N–H and O–H groups in total. The number of carbonyl (C=O) groups is 1. The molecule has 0 aliphatic carbocycles. The first-order valence-corrected chi connectivity index (χ1v) is 13.5. The van der Waals surface area contributed by atoms with Gasteiger partial charge in [0.25, 0.3) is 0 Å². The number of hydrogen-bond acceptors (Lipinski definition) is 6. The SMILES string of the molecule is CCCCC1=NC(C)=C(Cc2ccc(C)cc2)C(C)(C=O)N1c1ccc(-c2ccccc2)c(-c2nn[nH]n2)c1. The van der Waals surface area contributed by atoms with Crippen molar-refractivity contribution in [2.45, 2.75) is 58.9 Å². The molecule has 1 aliphatic rings. The predicted octanol–water partition coefficient (Wildman–Crippen LogP) is 6.73. The highest BCUT2D eigenvalue weighted by Crippen LogP contribution is 2.41. The Morgan fingerprint density at radius 2 is 1.74 bits per heavy atom. The van der Waals surface area contributed by atoms with Crippen molar-refractivity contribution in [1.29, 1.82) is 0 Å². The number of rotatable bonds is 9. The van der Waals surface area contributed by atoms with Crippen molar-refractivity contribution >= 4 is 17.8 Å². The number of nitrogens with zero attached hydrogens (tertiary/aromatic N) is 5. The number of aldehydes is 1. The first-order chi connectivity index (χ1) is 18.9. The van der Waals surface area contributed by atoms with Crippen LogP contribution in [0.4, 0.5) is 5.69 Å². The molecule has 198 valence electrons. The zero-order valence-electron chi connectivity index (χ0n) is 23.0. The van der Waals surface area contributed by atoms with Crippen LogP contribution in [0.2, 0.25) is 0 Å². The minimum absolute atomic E-state index is 0.499. The van der Waals surface area contributed by atoms with E-state index in [0.29, 0.717) is 12.2 Å². The number of unbranched alkanes of at least 4 members (excludes halogenated alkanes) is 1. The van der Waals surface area contributed by atoms with E-state index in [1.165, 1.54) is 5.56 Å². The number of aliphatic imine (C=N–C) groups is 1. The van der Waals surface area contributed by atoms with Crippen molar-refractivity contribution in [3.63, 3.8) is 0 Å². The lowest BCUT2D eigenvalue weighted by Gasteiger charge is -2.44. The number of anilines is 1. The fourth-order valence-corrected chi connectivity index (χ4v) is 5.34. The van der Waals surface area contributed by atoms with Crippen LogP contribution >= 0.6 is 0 Å². The maximum atomic E-state index is 13.1. The summed E-state index contributed by atoms with van der Waals surface area (Å²) in [6, 6.07) is 24.8. The zero-order chi connectivity index (χ0) is 27.4. The highest BCUT2D eigenvalue weighted by molar-refractivity contribution is 6.06. The summed E-state index contributed by atoms with van der Waals surface area (Å²) in [4.78, 5) is 20.3. The number of aryl methyl sites for hydroxylation is 1. The topological polar surface area (TPSA) is 87.1 Å². The lowest BCUT2D eigenvalue weighted by atomic mass is 9.82. The molecule has 1 aliphatic heterocycles. The van der Waals surface area contributed by atoms with E-state index >= 15 is 0 Å². The van der Waals surface area contributed by atoms with Crippen molar-refractivity contribution in [3.8, 4) is 22.5 Å². The quantitative estimate of drug-likeness (QED) is 0.248. The molecule has 7 nitrogen and oxygen atoms in total. The molecule has 39 heavy (non-hydrogen) atoms. The van der Waals surface area contributed by atoms with E-state index in [2.05, 4.69) is 94.0 Å². The molecule has 3 aromatic carbocycles. The normalized spacial score (nSPS) is 17.3. The average Bonchev–Trinajstić information content (AvgIpc) is 3.50. The molecule has 0 bridgehead atoms. The number of hydrogen-bond donors (Lipinski definition) is 1. The Kier molecular flexibility index (Phi) is 7.50. The summed E-state index contributed by atoms with van der Waals surface area (Å²) < 4.78 is 0. The molecule has 0 saturated carbocycles. The van der Waals surface area contributed by atoms with Crippen LogP contribution in [-0.4, -0.2) is 38.3 Å². The van der Waals surface area contributed by atoms with Gasteiger partial charge < -0.3 is 9.69 Å². The van der Waals surface area contributed by atoms with Gasteiger partial charge in [0, 0.05) is 23.4 Å². The lowest BCUT2D eigenvalue weighted by Crippen LogP contribution is -2.55. The van der Waals surface area contributed by atoms with Crippen LogP contribution in [0.15, 0.2) is 89.1 Å². The molecular weight excluding hydrogens is 484 g/mol. The van der Waals surface area contributed by atoms with Gasteiger partial charge >= 0.3 is 0 Å². The first-order valence-electron chi connectivity index (χ1n) is 13.5. The summed E-state index contributed by atoms with van der Waals surface area (Å²) in [6.07, 6.45) is 4.49. The second-order valence-electron chi connectivity index (χ2n) is 10.3. The van der Waals surface area contributed by atoms with E-state index < -0.39 is 5.54 Å².